The molecule has 1 aliphatic carbocycles. The molecule has 23 heavy (non-hydrogen) atoms. The molecule has 0 spiro atoms. The molecule has 4 heteroatoms. The maximum absolute atomic E-state index is 12.5. The van der Waals surface area contributed by atoms with Crippen molar-refractivity contribution in [2.75, 3.05) is 45.8 Å². The molecule has 2 aliphatic heterocycles. The molecule has 0 aromatic carbocycles. The lowest BCUT2D eigenvalue weighted by molar-refractivity contribution is -0.131. The first-order valence-electron chi connectivity index (χ1n) is 10.0. The summed E-state index contributed by atoms with van der Waals surface area (Å²) < 4.78 is 0. The van der Waals surface area contributed by atoms with E-state index in [1.165, 1.54) is 51.6 Å². The summed E-state index contributed by atoms with van der Waals surface area (Å²) in [6.45, 7) is 7.73. The van der Waals surface area contributed by atoms with Gasteiger partial charge in [0.15, 0.2) is 0 Å². The summed E-state index contributed by atoms with van der Waals surface area (Å²) >= 11 is 0. The quantitative estimate of drug-likeness (QED) is 0.845. The van der Waals surface area contributed by atoms with Crippen molar-refractivity contribution in [2.45, 2.75) is 57.8 Å². The van der Waals surface area contributed by atoms with Crippen LogP contribution in [0.5, 0.6) is 0 Å². The number of nitrogens with zero attached hydrogens (tertiary/aromatic N) is 2. The fourth-order valence-corrected chi connectivity index (χ4v) is 4.58. The van der Waals surface area contributed by atoms with Crippen LogP contribution >= 0.6 is 0 Å². The highest BCUT2D eigenvalue weighted by atomic mass is 16.2. The second-order valence-corrected chi connectivity index (χ2v) is 7.94. The van der Waals surface area contributed by atoms with Crippen molar-refractivity contribution in [2.24, 2.45) is 11.8 Å². The Kier molecular flexibility index (Phi) is 6.76. The number of amides is 1. The SMILES string of the molecule is O=C(CCC1CCNC1)N1CCCN(CC2CCCCC2)CC1. The van der Waals surface area contributed by atoms with Gasteiger partial charge in [0, 0.05) is 32.6 Å². The second kappa shape index (κ2) is 9.03. The minimum atomic E-state index is 0.399. The molecule has 0 aromatic heterocycles. The van der Waals surface area contributed by atoms with Crippen LogP contribution in [0.2, 0.25) is 0 Å². The summed E-state index contributed by atoms with van der Waals surface area (Å²) in [6.07, 6.45) is 11.4. The number of carbonyl (C=O) groups excluding carboxylic acids is 1. The Hall–Kier alpha value is -0.610. The van der Waals surface area contributed by atoms with E-state index in [-0.39, 0.29) is 0 Å². The first kappa shape index (κ1) is 17.2. The molecule has 1 N–H and O–H groups in total. The third kappa shape index (κ3) is 5.46. The lowest BCUT2D eigenvalue weighted by Crippen LogP contribution is -2.37. The van der Waals surface area contributed by atoms with Crippen LogP contribution in [0, 0.1) is 11.8 Å². The molecule has 132 valence electrons. The predicted molar refractivity (Wildman–Crippen MR) is 94.4 cm³/mol. The molecule has 3 rings (SSSR count). The van der Waals surface area contributed by atoms with Gasteiger partial charge in [-0.3, -0.25) is 4.79 Å². The van der Waals surface area contributed by atoms with Crippen LogP contribution in [0.25, 0.3) is 0 Å². The zero-order chi connectivity index (χ0) is 15.9. The molecule has 2 heterocycles. The zero-order valence-corrected chi connectivity index (χ0v) is 14.8. The number of rotatable bonds is 5. The molecular formula is C19H35N3O. The van der Waals surface area contributed by atoms with Crippen molar-refractivity contribution in [1.82, 2.24) is 15.1 Å². The predicted octanol–water partition coefficient (Wildman–Crippen LogP) is 2.49. The van der Waals surface area contributed by atoms with Crippen LogP contribution in [0.15, 0.2) is 0 Å². The summed E-state index contributed by atoms with van der Waals surface area (Å²) in [5.74, 6) is 2.05. The van der Waals surface area contributed by atoms with Gasteiger partial charge in [0.05, 0.1) is 0 Å². The van der Waals surface area contributed by atoms with Crippen LogP contribution in [0.4, 0.5) is 0 Å². The summed E-state index contributed by atoms with van der Waals surface area (Å²) in [7, 11) is 0. The van der Waals surface area contributed by atoms with Crippen LogP contribution < -0.4 is 5.32 Å². The minimum absolute atomic E-state index is 0.399. The number of carbonyl (C=O) groups is 1. The first-order valence-corrected chi connectivity index (χ1v) is 10.0. The molecule has 2 saturated heterocycles. The van der Waals surface area contributed by atoms with Gasteiger partial charge in [-0.2, -0.15) is 0 Å². The first-order chi connectivity index (χ1) is 11.3. The monoisotopic (exact) mass is 321 g/mol. The van der Waals surface area contributed by atoms with E-state index >= 15 is 0 Å². The van der Waals surface area contributed by atoms with Gasteiger partial charge in [0.2, 0.25) is 5.91 Å². The van der Waals surface area contributed by atoms with Crippen molar-refractivity contribution in [3.8, 4) is 0 Å². The van der Waals surface area contributed by atoms with E-state index in [1.54, 1.807) is 0 Å². The highest BCUT2D eigenvalue weighted by Crippen LogP contribution is 2.25. The molecule has 4 nitrogen and oxygen atoms in total. The Morgan fingerprint density at radius 1 is 0.913 bits per heavy atom. The van der Waals surface area contributed by atoms with Gasteiger partial charge in [0.25, 0.3) is 0 Å². The van der Waals surface area contributed by atoms with Gasteiger partial charge in [-0.25, -0.2) is 0 Å². The molecule has 0 aromatic rings. The van der Waals surface area contributed by atoms with Gasteiger partial charge >= 0.3 is 0 Å². The van der Waals surface area contributed by atoms with Crippen molar-refractivity contribution in [1.29, 1.82) is 0 Å². The summed E-state index contributed by atoms with van der Waals surface area (Å²) in [6, 6.07) is 0. The van der Waals surface area contributed by atoms with Gasteiger partial charge in [-0.1, -0.05) is 19.3 Å². The third-order valence-corrected chi connectivity index (χ3v) is 6.11. The fourth-order valence-electron chi connectivity index (χ4n) is 4.58. The van der Waals surface area contributed by atoms with E-state index < -0.39 is 0 Å². The molecule has 1 unspecified atom stereocenters. The smallest absolute Gasteiger partial charge is 0.222 e. The topological polar surface area (TPSA) is 35.6 Å². The van der Waals surface area contributed by atoms with Crippen molar-refractivity contribution in [3.05, 3.63) is 0 Å². The molecule has 0 bridgehead atoms. The Balaban J connectivity index is 1.37. The largest absolute Gasteiger partial charge is 0.341 e. The molecule has 3 aliphatic rings. The van der Waals surface area contributed by atoms with Crippen LogP contribution in [-0.2, 0) is 4.79 Å². The van der Waals surface area contributed by atoms with E-state index in [1.807, 2.05) is 0 Å². The third-order valence-electron chi connectivity index (χ3n) is 6.11. The molecule has 3 fully saturated rings. The maximum Gasteiger partial charge on any atom is 0.222 e. The van der Waals surface area contributed by atoms with Crippen LogP contribution in [0.3, 0.4) is 0 Å². The highest BCUT2D eigenvalue weighted by Gasteiger charge is 2.23. The Morgan fingerprint density at radius 2 is 1.78 bits per heavy atom. The lowest BCUT2D eigenvalue weighted by atomic mass is 9.89. The second-order valence-electron chi connectivity index (χ2n) is 7.94. The lowest BCUT2D eigenvalue weighted by Gasteiger charge is -2.28. The van der Waals surface area contributed by atoms with Gasteiger partial charge in [0.1, 0.15) is 0 Å². The maximum atomic E-state index is 12.5. The van der Waals surface area contributed by atoms with E-state index in [9.17, 15) is 4.79 Å². The summed E-state index contributed by atoms with van der Waals surface area (Å²) in [5, 5.41) is 3.40. The van der Waals surface area contributed by atoms with Gasteiger partial charge < -0.3 is 15.1 Å². The highest BCUT2D eigenvalue weighted by molar-refractivity contribution is 5.76. The van der Waals surface area contributed by atoms with Gasteiger partial charge in [-0.05, 0) is 63.6 Å². The normalized spacial score (nSPS) is 28.0. The van der Waals surface area contributed by atoms with E-state index in [4.69, 9.17) is 0 Å². The average Bonchev–Trinajstić information content (AvgIpc) is 2.99. The van der Waals surface area contributed by atoms with Crippen LogP contribution in [0.1, 0.15) is 57.8 Å². The van der Waals surface area contributed by atoms with Crippen molar-refractivity contribution < 1.29 is 4.79 Å². The number of nitrogens with one attached hydrogen (secondary N) is 1. The van der Waals surface area contributed by atoms with Crippen LogP contribution in [-0.4, -0.2) is 61.5 Å². The van der Waals surface area contributed by atoms with Crippen molar-refractivity contribution in [3.63, 3.8) is 0 Å². The molecular weight excluding hydrogens is 286 g/mol. The Labute approximate surface area is 142 Å². The number of hydrogen-bond donors (Lipinski definition) is 1. The molecule has 1 saturated carbocycles. The summed E-state index contributed by atoms with van der Waals surface area (Å²) in [4.78, 5) is 17.3. The molecule has 0 radical (unpaired) electrons. The standard InChI is InChI=1S/C19H35N3O/c23-19(8-7-17-9-10-20-15-17)22-12-4-11-21(13-14-22)16-18-5-2-1-3-6-18/h17-18,20H,1-16H2. The molecule has 1 amide bonds. The van der Waals surface area contributed by atoms with E-state index in [0.717, 1.165) is 63.8 Å². The molecule has 1 atom stereocenters. The zero-order valence-electron chi connectivity index (χ0n) is 14.8. The number of hydrogen-bond acceptors (Lipinski definition) is 3. The average molecular weight is 322 g/mol. The summed E-state index contributed by atoms with van der Waals surface area (Å²) in [5.41, 5.74) is 0. The van der Waals surface area contributed by atoms with Gasteiger partial charge in [-0.15, -0.1) is 0 Å². The Morgan fingerprint density at radius 3 is 2.57 bits per heavy atom. The fraction of sp³-hybridized carbons (Fsp3) is 0.947. The van der Waals surface area contributed by atoms with Crippen molar-refractivity contribution >= 4 is 5.91 Å². The van der Waals surface area contributed by atoms with E-state index in [2.05, 4.69) is 15.1 Å². The van der Waals surface area contributed by atoms with E-state index in [0.29, 0.717) is 5.91 Å². The minimum Gasteiger partial charge on any atom is -0.341 e. The Bertz CT molecular complexity index is 362.